The van der Waals surface area contributed by atoms with Crippen molar-refractivity contribution >= 4 is 28.5 Å². The summed E-state index contributed by atoms with van der Waals surface area (Å²) in [5, 5.41) is 0. The monoisotopic (exact) mass is 341 g/mol. The first-order valence-electron chi connectivity index (χ1n) is 4.53. The lowest BCUT2D eigenvalue weighted by molar-refractivity contribution is -0.137. The van der Waals surface area contributed by atoms with Crippen LogP contribution >= 0.6 is 22.6 Å². The molecule has 0 aliphatic carbocycles. The molecule has 0 radical (unpaired) electrons. The SMILES string of the molecule is FC(F)(F)c1ccc(I)c(C2=NCCO2)c1. The van der Waals surface area contributed by atoms with Gasteiger partial charge in [-0.25, -0.2) is 4.99 Å². The fraction of sp³-hybridized carbons (Fsp3) is 0.300. The van der Waals surface area contributed by atoms with Gasteiger partial charge >= 0.3 is 6.18 Å². The lowest BCUT2D eigenvalue weighted by Gasteiger charge is -2.10. The van der Waals surface area contributed by atoms with Crippen molar-refractivity contribution in [2.45, 2.75) is 6.18 Å². The summed E-state index contributed by atoms with van der Waals surface area (Å²) in [7, 11) is 0. The van der Waals surface area contributed by atoms with Crippen molar-refractivity contribution in [3.05, 3.63) is 32.9 Å². The molecule has 1 heterocycles. The van der Waals surface area contributed by atoms with Crippen LogP contribution in [-0.2, 0) is 10.9 Å². The number of ether oxygens (including phenoxy) is 1. The molecule has 2 rings (SSSR count). The molecule has 6 heteroatoms. The van der Waals surface area contributed by atoms with Crippen LogP contribution in [0.3, 0.4) is 0 Å². The molecule has 0 amide bonds. The molecule has 2 nitrogen and oxygen atoms in total. The van der Waals surface area contributed by atoms with Gasteiger partial charge in [0, 0.05) is 3.57 Å². The molecule has 1 aliphatic heterocycles. The van der Waals surface area contributed by atoms with Crippen LogP contribution in [0.1, 0.15) is 11.1 Å². The molecule has 0 bridgehead atoms. The molecule has 86 valence electrons. The second-order valence-corrected chi connectivity index (χ2v) is 4.39. The van der Waals surface area contributed by atoms with Crippen molar-refractivity contribution in [2.75, 3.05) is 13.2 Å². The molecule has 1 aromatic rings. The minimum Gasteiger partial charge on any atom is -0.475 e. The van der Waals surface area contributed by atoms with Crippen LogP contribution < -0.4 is 0 Å². The van der Waals surface area contributed by atoms with Gasteiger partial charge in [-0.05, 0) is 40.8 Å². The second kappa shape index (κ2) is 4.23. The fourth-order valence-corrected chi connectivity index (χ4v) is 1.93. The van der Waals surface area contributed by atoms with Gasteiger partial charge in [0.1, 0.15) is 6.61 Å². The molecule has 0 fully saturated rings. The molecule has 0 atom stereocenters. The van der Waals surface area contributed by atoms with E-state index in [-0.39, 0.29) is 0 Å². The quantitative estimate of drug-likeness (QED) is 0.720. The van der Waals surface area contributed by atoms with Gasteiger partial charge in [-0.1, -0.05) is 0 Å². The molecule has 0 unspecified atom stereocenters. The number of hydrogen-bond acceptors (Lipinski definition) is 2. The maximum Gasteiger partial charge on any atom is 0.416 e. The van der Waals surface area contributed by atoms with Crippen molar-refractivity contribution in [1.82, 2.24) is 0 Å². The second-order valence-electron chi connectivity index (χ2n) is 3.23. The summed E-state index contributed by atoms with van der Waals surface area (Å²) >= 11 is 1.97. The first-order chi connectivity index (χ1) is 7.48. The van der Waals surface area contributed by atoms with Crippen LogP contribution in [-0.4, -0.2) is 19.0 Å². The van der Waals surface area contributed by atoms with Gasteiger partial charge in [0.25, 0.3) is 0 Å². The molecule has 0 aromatic heterocycles. The summed E-state index contributed by atoms with van der Waals surface area (Å²) in [5.74, 6) is 0.301. The first kappa shape index (κ1) is 11.7. The topological polar surface area (TPSA) is 21.6 Å². The van der Waals surface area contributed by atoms with Crippen LogP contribution in [0.5, 0.6) is 0 Å². The number of nitrogens with zero attached hydrogens (tertiary/aromatic N) is 1. The van der Waals surface area contributed by atoms with E-state index in [0.29, 0.717) is 28.2 Å². The molecular formula is C10H7F3INO. The van der Waals surface area contributed by atoms with Crippen molar-refractivity contribution in [2.24, 2.45) is 4.99 Å². The highest BCUT2D eigenvalue weighted by molar-refractivity contribution is 14.1. The zero-order valence-corrected chi connectivity index (χ0v) is 10.2. The van der Waals surface area contributed by atoms with E-state index in [0.717, 1.165) is 12.1 Å². The van der Waals surface area contributed by atoms with Crippen molar-refractivity contribution in [3.63, 3.8) is 0 Å². The minimum atomic E-state index is -4.34. The number of alkyl halides is 3. The third kappa shape index (κ3) is 2.31. The molecule has 0 N–H and O–H groups in total. The Balaban J connectivity index is 2.44. The van der Waals surface area contributed by atoms with E-state index in [1.807, 2.05) is 22.6 Å². The van der Waals surface area contributed by atoms with E-state index in [1.54, 1.807) is 0 Å². The molecule has 16 heavy (non-hydrogen) atoms. The third-order valence-electron chi connectivity index (χ3n) is 2.11. The fourth-order valence-electron chi connectivity index (χ4n) is 1.36. The van der Waals surface area contributed by atoms with E-state index >= 15 is 0 Å². The average molecular weight is 341 g/mol. The summed E-state index contributed by atoms with van der Waals surface area (Å²) < 4.78 is 43.4. The predicted molar refractivity (Wildman–Crippen MR) is 61.5 cm³/mol. The Morgan fingerprint density at radius 2 is 2.06 bits per heavy atom. The van der Waals surface area contributed by atoms with Crippen molar-refractivity contribution in [1.29, 1.82) is 0 Å². The maximum atomic E-state index is 12.5. The number of hydrogen-bond donors (Lipinski definition) is 0. The first-order valence-corrected chi connectivity index (χ1v) is 5.61. The van der Waals surface area contributed by atoms with E-state index in [2.05, 4.69) is 4.99 Å². The smallest absolute Gasteiger partial charge is 0.416 e. The van der Waals surface area contributed by atoms with Crippen molar-refractivity contribution < 1.29 is 17.9 Å². The summed E-state index contributed by atoms with van der Waals surface area (Å²) in [6.07, 6.45) is -4.34. The lowest BCUT2D eigenvalue weighted by atomic mass is 10.1. The Labute approximate surface area is 104 Å². The third-order valence-corrected chi connectivity index (χ3v) is 3.05. The zero-order chi connectivity index (χ0) is 11.8. The Morgan fingerprint density at radius 3 is 2.62 bits per heavy atom. The summed E-state index contributed by atoms with van der Waals surface area (Å²) in [6.45, 7) is 0.934. The highest BCUT2D eigenvalue weighted by Gasteiger charge is 2.31. The highest BCUT2D eigenvalue weighted by Crippen LogP contribution is 2.31. The van der Waals surface area contributed by atoms with Gasteiger partial charge < -0.3 is 4.74 Å². The van der Waals surface area contributed by atoms with Gasteiger partial charge in [-0.3, -0.25) is 0 Å². The van der Waals surface area contributed by atoms with Gasteiger partial charge in [-0.2, -0.15) is 13.2 Å². The molecule has 1 aliphatic rings. The normalized spacial score (nSPS) is 15.9. The average Bonchev–Trinajstić information content (AvgIpc) is 2.69. The van der Waals surface area contributed by atoms with Gasteiger partial charge in [0.05, 0.1) is 17.7 Å². The largest absolute Gasteiger partial charge is 0.475 e. The number of rotatable bonds is 1. The summed E-state index contributed by atoms with van der Waals surface area (Å²) in [4.78, 5) is 4.01. The van der Waals surface area contributed by atoms with Crippen LogP contribution in [0, 0.1) is 3.57 Å². The number of aliphatic imine (C=N–C) groups is 1. The van der Waals surface area contributed by atoms with Crippen LogP contribution in [0.2, 0.25) is 0 Å². The van der Waals surface area contributed by atoms with Crippen LogP contribution in [0.15, 0.2) is 23.2 Å². The highest BCUT2D eigenvalue weighted by atomic mass is 127. The zero-order valence-electron chi connectivity index (χ0n) is 8.01. The Morgan fingerprint density at radius 1 is 1.31 bits per heavy atom. The summed E-state index contributed by atoms with van der Waals surface area (Å²) in [6, 6.07) is 3.55. The molecule has 0 spiro atoms. The van der Waals surface area contributed by atoms with Gasteiger partial charge in [0.15, 0.2) is 0 Å². The molecule has 1 aromatic carbocycles. The van der Waals surface area contributed by atoms with E-state index in [4.69, 9.17) is 4.74 Å². The lowest BCUT2D eigenvalue weighted by Crippen LogP contribution is -2.09. The molecular weight excluding hydrogens is 334 g/mol. The molecule has 0 saturated heterocycles. The van der Waals surface area contributed by atoms with Crippen molar-refractivity contribution in [3.8, 4) is 0 Å². The van der Waals surface area contributed by atoms with Crippen LogP contribution in [0.4, 0.5) is 13.2 Å². The standard InChI is InChI=1S/C10H7F3INO/c11-10(12,13)6-1-2-8(14)7(5-6)9-15-3-4-16-9/h1-2,5H,3-4H2. The predicted octanol–water partition coefficient (Wildman–Crippen LogP) is 3.09. The number of halogens is 4. The minimum absolute atomic E-state index is 0.301. The van der Waals surface area contributed by atoms with E-state index in [9.17, 15) is 13.2 Å². The van der Waals surface area contributed by atoms with Gasteiger partial charge in [-0.15, -0.1) is 0 Å². The molecule has 0 saturated carbocycles. The van der Waals surface area contributed by atoms with E-state index < -0.39 is 11.7 Å². The number of benzene rings is 1. The Bertz CT molecular complexity index is 442. The maximum absolute atomic E-state index is 12.5. The van der Waals surface area contributed by atoms with Crippen LogP contribution in [0.25, 0.3) is 0 Å². The van der Waals surface area contributed by atoms with Gasteiger partial charge in [0.2, 0.25) is 5.90 Å². The summed E-state index contributed by atoms with van der Waals surface area (Å²) in [5.41, 5.74) is -0.269. The Kier molecular flexibility index (Phi) is 3.09. The Hall–Kier alpha value is -0.790. The van der Waals surface area contributed by atoms with E-state index in [1.165, 1.54) is 6.07 Å².